The van der Waals surface area contributed by atoms with Crippen molar-refractivity contribution in [2.75, 3.05) is 7.11 Å². The van der Waals surface area contributed by atoms with E-state index in [0.717, 1.165) is 6.08 Å². The van der Waals surface area contributed by atoms with E-state index in [2.05, 4.69) is 4.74 Å². The second kappa shape index (κ2) is 7.61. The minimum atomic E-state index is -2.19. The molecule has 1 unspecified atom stereocenters. The number of rotatable bonds is 6. The van der Waals surface area contributed by atoms with Gasteiger partial charge in [-0.15, -0.1) is 11.6 Å². The van der Waals surface area contributed by atoms with Crippen molar-refractivity contribution >= 4 is 25.9 Å². The fraction of sp³-hybridized carbons (Fsp3) is 0.353. The van der Waals surface area contributed by atoms with Gasteiger partial charge < -0.3 is 19.0 Å². The number of allylic oxidation sites excluding steroid dienone is 2. The molecular weight excluding hydrogens is 394 g/mol. The first-order valence-electron chi connectivity index (χ1n) is 8.00. The van der Waals surface area contributed by atoms with E-state index in [0.29, 0.717) is 0 Å². The lowest BCUT2D eigenvalue weighted by Gasteiger charge is -2.32. The second-order valence-corrected chi connectivity index (χ2v) is 11.9. The van der Waals surface area contributed by atoms with Gasteiger partial charge in [-0.05, 0) is 25.7 Å². The average molecular weight is 414 g/mol. The summed E-state index contributed by atoms with van der Waals surface area (Å²) in [5.74, 6) is -1.28. The Hall–Kier alpha value is -2.52. The number of nitro groups is 1. The van der Waals surface area contributed by atoms with Crippen LogP contribution in [-0.4, -0.2) is 31.4 Å². The van der Waals surface area contributed by atoms with E-state index in [-0.39, 0.29) is 23.5 Å². The van der Waals surface area contributed by atoms with Crippen LogP contribution < -0.4 is 4.74 Å². The van der Waals surface area contributed by atoms with Crippen LogP contribution in [0.4, 0.5) is 0 Å². The minimum absolute atomic E-state index is 0.125. The third kappa shape index (κ3) is 4.61. The molecule has 0 saturated carbocycles. The van der Waals surface area contributed by atoms with Crippen molar-refractivity contribution in [2.45, 2.75) is 30.9 Å². The van der Waals surface area contributed by atoms with Gasteiger partial charge in [0.25, 0.3) is 0 Å². The highest BCUT2D eigenvalue weighted by Crippen LogP contribution is 2.50. The van der Waals surface area contributed by atoms with E-state index in [4.69, 9.17) is 20.8 Å². The number of carbonyl (C=O) groups excluding carboxylic acids is 1. The van der Waals surface area contributed by atoms with Gasteiger partial charge in [0.15, 0.2) is 4.87 Å². The zero-order valence-corrected chi connectivity index (χ0v) is 17.1. The molecule has 0 amide bonds. The molecule has 0 saturated heterocycles. The van der Waals surface area contributed by atoms with Gasteiger partial charge in [0.2, 0.25) is 8.32 Å². The number of esters is 1. The zero-order chi connectivity index (χ0) is 20.4. The van der Waals surface area contributed by atoms with Crippen molar-refractivity contribution in [1.29, 1.82) is 0 Å². The summed E-state index contributed by atoms with van der Waals surface area (Å²) in [6.45, 7) is 5.66. The van der Waals surface area contributed by atoms with E-state index in [1.54, 1.807) is 18.2 Å². The number of ether oxygens (including phenoxy) is 2. The fourth-order valence-electron chi connectivity index (χ4n) is 2.67. The Morgan fingerprint density at radius 3 is 2.59 bits per heavy atom. The summed E-state index contributed by atoms with van der Waals surface area (Å²) in [7, 11) is -0.982. The predicted octanol–water partition coefficient (Wildman–Crippen LogP) is 3.82. The Balaban J connectivity index is 2.61. The monoisotopic (exact) mass is 413 g/mol. The number of fused-ring (bicyclic) bond motifs is 1. The van der Waals surface area contributed by atoms with Crippen LogP contribution in [0.2, 0.25) is 19.6 Å². The maximum atomic E-state index is 11.8. The normalized spacial score (nSPS) is 19.8. The summed E-state index contributed by atoms with van der Waals surface area (Å²) in [6.07, 6.45) is 0.851. The smallest absolute Gasteiger partial charge is 0.361 e. The van der Waals surface area contributed by atoms with Crippen LogP contribution in [0.1, 0.15) is 12.0 Å². The standard InChI is InChI=1S/C17H20ClNO7Si/c1-24-14(20)9-11(26-27(2,3)4)10-17(18)12-7-5-6-8-13(12)25-16(21)15(17)19(22)23/h5-9,21H,10H2,1-4H3/b11-9-. The van der Waals surface area contributed by atoms with Crippen LogP contribution in [0, 0.1) is 10.1 Å². The Morgan fingerprint density at radius 1 is 1.41 bits per heavy atom. The number of nitrogens with zero attached hydrogens (tertiary/aromatic N) is 1. The molecule has 1 N–H and O–H groups in total. The molecule has 2 rings (SSSR count). The lowest BCUT2D eigenvalue weighted by atomic mass is 9.88. The lowest BCUT2D eigenvalue weighted by Crippen LogP contribution is -2.35. The van der Waals surface area contributed by atoms with Crippen LogP contribution in [0.25, 0.3) is 0 Å². The van der Waals surface area contributed by atoms with Crippen LogP contribution >= 0.6 is 11.6 Å². The van der Waals surface area contributed by atoms with Crippen molar-refractivity contribution in [1.82, 2.24) is 0 Å². The van der Waals surface area contributed by atoms with Gasteiger partial charge in [0.1, 0.15) is 5.75 Å². The van der Waals surface area contributed by atoms with E-state index in [1.165, 1.54) is 13.2 Å². The first-order chi connectivity index (χ1) is 12.5. The number of aliphatic hydroxyl groups is 1. The Morgan fingerprint density at radius 2 is 2.04 bits per heavy atom. The molecule has 0 aromatic heterocycles. The van der Waals surface area contributed by atoms with Gasteiger partial charge in [-0.2, -0.15) is 0 Å². The molecular formula is C17H20ClNO7Si. The number of alkyl halides is 1. The second-order valence-electron chi connectivity index (χ2n) is 6.84. The topological polar surface area (TPSA) is 108 Å². The van der Waals surface area contributed by atoms with E-state index < -0.39 is 35.7 Å². The third-order valence-corrected chi connectivity index (χ3v) is 5.01. The Labute approximate surface area is 162 Å². The number of halogens is 1. The zero-order valence-electron chi connectivity index (χ0n) is 15.3. The van der Waals surface area contributed by atoms with Crippen molar-refractivity contribution < 1.29 is 28.7 Å². The SMILES string of the molecule is COC(=O)/C=C(/CC1(Cl)C([N+](=O)[O-])=C(O)Oc2ccccc21)O[Si](C)(C)C. The molecule has 27 heavy (non-hydrogen) atoms. The van der Waals surface area contributed by atoms with Crippen LogP contribution in [0.5, 0.6) is 5.75 Å². The van der Waals surface area contributed by atoms with E-state index >= 15 is 0 Å². The lowest BCUT2D eigenvalue weighted by molar-refractivity contribution is -0.438. The summed E-state index contributed by atoms with van der Waals surface area (Å²) < 4.78 is 15.7. The van der Waals surface area contributed by atoms with Gasteiger partial charge in [-0.25, -0.2) is 4.79 Å². The number of hydrogen-bond acceptors (Lipinski definition) is 7. The molecule has 0 aliphatic carbocycles. The molecule has 8 nitrogen and oxygen atoms in total. The summed E-state index contributed by atoms with van der Waals surface area (Å²) in [5, 5.41) is 21.7. The number of methoxy groups -OCH3 is 1. The van der Waals surface area contributed by atoms with Gasteiger partial charge in [0.05, 0.1) is 23.9 Å². The summed E-state index contributed by atoms with van der Waals surface area (Å²) >= 11 is 6.71. The molecule has 0 radical (unpaired) electrons. The first kappa shape index (κ1) is 20.8. The molecule has 1 aromatic rings. The van der Waals surface area contributed by atoms with Gasteiger partial charge in [-0.3, -0.25) is 10.1 Å². The van der Waals surface area contributed by atoms with E-state index in [9.17, 15) is 20.0 Å². The van der Waals surface area contributed by atoms with Gasteiger partial charge >= 0.3 is 17.6 Å². The van der Waals surface area contributed by atoms with E-state index in [1.807, 2.05) is 19.6 Å². The molecule has 0 fully saturated rings. The maximum Gasteiger partial charge on any atom is 0.361 e. The largest absolute Gasteiger partial charge is 0.547 e. The van der Waals surface area contributed by atoms with Crippen LogP contribution in [0.15, 0.2) is 47.7 Å². The molecule has 1 aromatic carbocycles. The van der Waals surface area contributed by atoms with Crippen molar-refractivity contribution in [3.05, 3.63) is 63.4 Å². The van der Waals surface area contributed by atoms with Crippen LogP contribution in [-0.2, 0) is 18.8 Å². The number of aliphatic hydroxyl groups excluding tert-OH is 1. The molecule has 10 heteroatoms. The van der Waals surface area contributed by atoms with Crippen LogP contribution in [0.3, 0.4) is 0 Å². The quantitative estimate of drug-likeness (QED) is 0.144. The molecule has 1 aliphatic rings. The summed E-state index contributed by atoms with van der Waals surface area (Å²) in [4.78, 5) is 20.8. The highest BCUT2D eigenvalue weighted by atomic mass is 35.5. The Bertz CT molecular complexity index is 831. The highest BCUT2D eigenvalue weighted by Gasteiger charge is 2.52. The highest BCUT2D eigenvalue weighted by molar-refractivity contribution is 6.70. The third-order valence-electron chi connectivity index (χ3n) is 3.62. The number of para-hydroxylation sites is 1. The average Bonchev–Trinajstić information content (AvgIpc) is 2.52. The molecule has 1 atom stereocenters. The van der Waals surface area contributed by atoms with Crippen molar-refractivity contribution in [3.8, 4) is 5.75 Å². The van der Waals surface area contributed by atoms with Crippen molar-refractivity contribution in [2.24, 2.45) is 0 Å². The molecule has 0 bridgehead atoms. The fourth-order valence-corrected chi connectivity index (χ4v) is 4.03. The molecule has 146 valence electrons. The number of benzene rings is 1. The Kier molecular flexibility index (Phi) is 5.86. The minimum Gasteiger partial charge on any atom is -0.547 e. The molecule has 1 aliphatic heterocycles. The molecule has 1 heterocycles. The van der Waals surface area contributed by atoms with Crippen molar-refractivity contribution in [3.63, 3.8) is 0 Å². The summed E-state index contributed by atoms with van der Waals surface area (Å²) in [5.41, 5.74) is -0.441. The van der Waals surface area contributed by atoms with Gasteiger partial charge in [-0.1, -0.05) is 18.2 Å². The maximum absolute atomic E-state index is 11.8. The van der Waals surface area contributed by atoms with Gasteiger partial charge in [0, 0.05) is 12.0 Å². The number of carbonyl (C=O) groups is 1. The predicted molar refractivity (Wildman–Crippen MR) is 100 cm³/mol. The summed E-state index contributed by atoms with van der Waals surface area (Å²) in [6, 6.07) is 6.37. The first-order valence-corrected chi connectivity index (χ1v) is 11.8. The number of hydrogen-bond donors (Lipinski definition) is 1. The molecule has 0 spiro atoms.